The van der Waals surface area contributed by atoms with E-state index in [0.29, 0.717) is 36.7 Å². The number of piperidine rings is 2. The number of nitrogens with zero attached hydrogens (tertiary/aromatic N) is 3. The molecule has 11 nitrogen and oxygen atoms in total. The zero-order valence-electron chi connectivity index (χ0n) is 18.3. The number of carbonyl (C=O) groups excluding carboxylic acids is 3. The first-order chi connectivity index (χ1) is 15.4. The van der Waals surface area contributed by atoms with Crippen molar-refractivity contribution in [3.63, 3.8) is 0 Å². The average Bonchev–Trinajstić information content (AvgIpc) is 3.35. The summed E-state index contributed by atoms with van der Waals surface area (Å²) in [5, 5.41) is 16.7. The summed E-state index contributed by atoms with van der Waals surface area (Å²) < 4.78 is 4.85. The molecule has 0 bridgehead atoms. The van der Waals surface area contributed by atoms with Gasteiger partial charge in [0.15, 0.2) is 0 Å². The van der Waals surface area contributed by atoms with Crippen LogP contribution in [0.4, 0.5) is 0 Å². The van der Waals surface area contributed by atoms with Gasteiger partial charge in [0.25, 0.3) is 0 Å². The highest BCUT2D eigenvalue weighted by molar-refractivity contribution is 6.03. The van der Waals surface area contributed by atoms with Gasteiger partial charge in [0, 0.05) is 25.6 Å². The van der Waals surface area contributed by atoms with Gasteiger partial charge in [0.1, 0.15) is 6.04 Å². The highest BCUT2D eigenvalue weighted by Gasteiger charge is 2.36. The number of hydrogen-bond acceptors (Lipinski definition) is 8. The van der Waals surface area contributed by atoms with Crippen molar-refractivity contribution in [3.8, 4) is 0 Å². The molecule has 11 heteroatoms. The predicted octanol–water partition coefficient (Wildman–Crippen LogP) is 0.640. The molecule has 2 aliphatic rings. The molecule has 2 aliphatic heterocycles. The van der Waals surface area contributed by atoms with Gasteiger partial charge in [-0.05, 0) is 58.0 Å². The Morgan fingerprint density at radius 1 is 1.31 bits per heavy atom. The third-order valence-corrected chi connectivity index (χ3v) is 6.11. The molecule has 0 saturated carbocycles. The number of aromatic nitrogens is 1. The molecule has 2 fully saturated rings. The molecule has 0 radical (unpaired) electrons. The first-order valence-corrected chi connectivity index (χ1v) is 11.1. The van der Waals surface area contributed by atoms with Crippen LogP contribution in [0.2, 0.25) is 0 Å². The summed E-state index contributed by atoms with van der Waals surface area (Å²) in [6.07, 6.45) is 5.82. The molecular weight excluding hydrogens is 418 g/mol. The Balaban J connectivity index is 1.63. The first kappa shape index (κ1) is 23.9. The number of hydrogen-bond donors (Lipinski definition) is 3. The molecule has 0 aromatic carbocycles. The number of amides is 3. The van der Waals surface area contributed by atoms with Crippen molar-refractivity contribution in [1.29, 1.82) is 0 Å². The number of rotatable bonds is 8. The van der Waals surface area contributed by atoms with E-state index in [1.807, 2.05) is 0 Å². The van der Waals surface area contributed by atoms with E-state index in [0.717, 1.165) is 32.4 Å². The molecule has 2 saturated heterocycles. The Morgan fingerprint density at radius 2 is 2.06 bits per heavy atom. The highest BCUT2D eigenvalue weighted by atomic mass is 16.5. The van der Waals surface area contributed by atoms with Crippen molar-refractivity contribution in [3.05, 3.63) is 18.0 Å². The van der Waals surface area contributed by atoms with Crippen LogP contribution in [0, 0.1) is 11.8 Å². The fourth-order valence-corrected chi connectivity index (χ4v) is 4.15. The molecular formula is C21H31N5O6. The minimum Gasteiger partial charge on any atom is -0.480 e. The van der Waals surface area contributed by atoms with Gasteiger partial charge in [0.2, 0.25) is 17.6 Å². The summed E-state index contributed by atoms with van der Waals surface area (Å²) >= 11 is 0. The Hall–Kier alpha value is -2.79. The third-order valence-electron chi connectivity index (χ3n) is 6.11. The molecule has 32 heavy (non-hydrogen) atoms. The van der Waals surface area contributed by atoms with Gasteiger partial charge in [-0.1, -0.05) is 5.16 Å². The van der Waals surface area contributed by atoms with Crippen LogP contribution in [0.25, 0.3) is 0 Å². The van der Waals surface area contributed by atoms with Crippen molar-refractivity contribution in [2.45, 2.75) is 51.5 Å². The number of carboxylic acid groups (broad SMARTS) is 1. The van der Waals surface area contributed by atoms with E-state index < -0.39 is 29.7 Å². The number of carboxylic acids is 1. The minimum atomic E-state index is -1.22. The summed E-state index contributed by atoms with van der Waals surface area (Å²) in [4.78, 5) is 51.7. The van der Waals surface area contributed by atoms with E-state index in [9.17, 15) is 24.3 Å². The molecule has 3 rings (SSSR count). The van der Waals surface area contributed by atoms with Crippen LogP contribution in [0.15, 0.2) is 16.8 Å². The molecule has 3 amide bonds. The van der Waals surface area contributed by atoms with Crippen molar-refractivity contribution < 1.29 is 28.8 Å². The summed E-state index contributed by atoms with van der Waals surface area (Å²) in [5.74, 6) is -2.88. The Bertz CT molecular complexity index is 808. The third kappa shape index (κ3) is 6.13. The van der Waals surface area contributed by atoms with Gasteiger partial charge >= 0.3 is 11.9 Å². The zero-order chi connectivity index (χ0) is 23.1. The number of imide groups is 1. The topological polar surface area (TPSA) is 145 Å². The van der Waals surface area contributed by atoms with Crippen LogP contribution in [0.3, 0.4) is 0 Å². The number of hydrazine groups is 1. The smallest absolute Gasteiger partial charge is 0.322 e. The van der Waals surface area contributed by atoms with Crippen molar-refractivity contribution in [1.82, 2.24) is 25.8 Å². The second kappa shape index (κ2) is 11.2. The number of aliphatic carboxylic acids is 1. The standard InChI is InChI=1S/C21H31N5O6/c1-14(21(30)31)24-26(20(29)17-8-11-23-32-17)19(28)16-3-2-12-25(13-16)18(27)5-4-15-6-9-22-10-7-15/h8,11,14-16,22,24H,2-7,9-10,12-13H2,1H3,(H,30,31)/t14-,16+/m0/s1. The van der Waals surface area contributed by atoms with E-state index in [1.165, 1.54) is 19.2 Å². The lowest BCUT2D eigenvalue weighted by Crippen LogP contribution is -2.56. The highest BCUT2D eigenvalue weighted by Crippen LogP contribution is 2.23. The van der Waals surface area contributed by atoms with Crippen molar-refractivity contribution in [2.24, 2.45) is 11.8 Å². The molecule has 2 atom stereocenters. The maximum atomic E-state index is 13.2. The van der Waals surface area contributed by atoms with Gasteiger partial charge in [0.05, 0.1) is 12.1 Å². The normalized spacial score (nSPS) is 20.5. The van der Waals surface area contributed by atoms with Crippen LogP contribution < -0.4 is 10.7 Å². The maximum Gasteiger partial charge on any atom is 0.322 e. The van der Waals surface area contributed by atoms with Crippen LogP contribution in [-0.2, 0) is 14.4 Å². The van der Waals surface area contributed by atoms with Crippen LogP contribution in [0.1, 0.15) is 56.0 Å². The van der Waals surface area contributed by atoms with E-state index >= 15 is 0 Å². The van der Waals surface area contributed by atoms with Crippen LogP contribution in [-0.4, -0.2) is 76.1 Å². The Kier molecular flexibility index (Phi) is 8.34. The number of nitrogens with one attached hydrogen (secondary N) is 2. The summed E-state index contributed by atoms with van der Waals surface area (Å²) in [5.41, 5.74) is 2.45. The van der Waals surface area contributed by atoms with Gasteiger partial charge in [-0.3, -0.25) is 19.2 Å². The lowest BCUT2D eigenvalue weighted by Gasteiger charge is -2.35. The fourth-order valence-electron chi connectivity index (χ4n) is 4.15. The molecule has 3 heterocycles. The molecule has 1 aromatic rings. The lowest BCUT2D eigenvalue weighted by atomic mass is 9.92. The predicted molar refractivity (Wildman–Crippen MR) is 112 cm³/mol. The Morgan fingerprint density at radius 3 is 2.72 bits per heavy atom. The fraction of sp³-hybridized carbons (Fsp3) is 0.667. The molecule has 176 valence electrons. The first-order valence-electron chi connectivity index (χ1n) is 11.1. The monoisotopic (exact) mass is 449 g/mol. The van der Waals surface area contributed by atoms with E-state index in [-0.39, 0.29) is 18.2 Å². The van der Waals surface area contributed by atoms with Crippen LogP contribution >= 0.6 is 0 Å². The molecule has 1 aromatic heterocycles. The SMILES string of the molecule is C[C@H](NN(C(=O)c1ccno1)C(=O)[C@@H]1CCCN(C(=O)CCC2CCNCC2)C1)C(=O)O. The summed E-state index contributed by atoms with van der Waals surface area (Å²) in [6.45, 7) is 4.07. The summed E-state index contributed by atoms with van der Waals surface area (Å²) in [6, 6.07) is 0.116. The maximum absolute atomic E-state index is 13.2. The second-order valence-corrected chi connectivity index (χ2v) is 8.46. The lowest BCUT2D eigenvalue weighted by molar-refractivity contribution is -0.144. The average molecular weight is 450 g/mol. The zero-order valence-corrected chi connectivity index (χ0v) is 18.3. The number of likely N-dealkylation sites (tertiary alicyclic amines) is 1. The van der Waals surface area contributed by atoms with Gasteiger partial charge < -0.3 is 19.8 Å². The number of carbonyl (C=O) groups is 4. The molecule has 0 aliphatic carbocycles. The van der Waals surface area contributed by atoms with Crippen molar-refractivity contribution in [2.75, 3.05) is 26.2 Å². The van der Waals surface area contributed by atoms with E-state index in [2.05, 4.69) is 15.9 Å². The largest absolute Gasteiger partial charge is 0.480 e. The Labute approximate surface area is 186 Å². The quantitative estimate of drug-likeness (QED) is 0.384. The van der Waals surface area contributed by atoms with Gasteiger partial charge in [-0.2, -0.15) is 0 Å². The van der Waals surface area contributed by atoms with E-state index in [4.69, 9.17) is 4.52 Å². The van der Waals surface area contributed by atoms with E-state index in [1.54, 1.807) is 4.90 Å². The van der Waals surface area contributed by atoms with Gasteiger partial charge in [-0.15, -0.1) is 0 Å². The summed E-state index contributed by atoms with van der Waals surface area (Å²) in [7, 11) is 0. The minimum absolute atomic E-state index is 0.0148. The van der Waals surface area contributed by atoms with Gasteiger partial charge in [-0.25, -0.2) is 10.4 Å². The van der Waals surface area contributed by atoms with Crippen molar-refractivity contribution >= 4 is 23.7 Å². The molecule has 0 unspecified atom stereocenters. The molecule has 3 N–H and O–H groups in total. The second-order valence-electron chi connectivity index (χ2n) is 8.46. The van der Waals surface area contributed by atoms with Crippen LogP contribution in [0.5, 0.6) is 0 Å². The molecule has 0 spiro atoms.